The molecule has 0 saturated carbocycles. The maximum Gasteiger partial charge on any atom is 0.309 e. The van der Waals surface area contributed by atoms with Crippen molar-refractivity contribution in [2.75, 3.05) is 33.3 Å². The Morgan fingerprint density at radius 1 is 1.26 bits per heavy atom. The Morgan fingerprint density at radius 3 is 2.65 bits per heavy atom. The van der Waals surface area contributed by atoms with Crippen LogP contribution in [0.25, 0.3) is 10.6 Å². The highest BCUT2D eigenvalue weighted by Gasteiger charge is 2.29. The summed E-state index contributed by atoms with van der Waals surface area (Å²) < 4.78 is 5.06. The van der Waals surface area contributed by atoms with Crippen LogP contribution in [0.15, 0.2) is 29.6 Å². The Balaban J connectivity index is 1.49. The molecule has 1 aliphatic rings. The van der Waals surface area contributed by atoms with Crippen molar-refractivity contribution in [2.45, 2.75) is 26.2 Å². The molecule has 0 N–H and O–H groups in total. The van der Waals surface area contributed by atoms with Crippen LogP contribution in [0.3, 0.4) is 0 Å². The summed E-state index contributed by atoms with van der Waals surface area (Å²) in [5.74, 6) is -0.638. The number of amides is 2. The third-order valence-corrected chi connectivity index (χ3v) is 6.51. The maximum absolute atomic E-state index is 12.6. The first kappa shape index (κ1) is 23.2. The number of rotatable bonds is 7. The fourth-order valence-electron chi connectivity index (χ4n) is 3.45. The summed E-state index contributed by atoms with van der Waals surface area (Å²) in [5.41, 5.74) is 1.49. The summed E-state index contributed by atoms with van der Waals surface area (Å²) in [4.78, 5) is 44.7. The molecule has 0 unspecified atom stereocenters. The number of benzene rings is 1. The van der Waals surface area contributed by atoms with E-state index in [0.29, 0.717) is 43.3 Å². The summed E-state index contributed by atoms with van der Waals surface area (Å²) in [6.07, 6.45) is 1.30. The lowest BCUT2D eigenvalue weighted by Gasteiger charge is -2.32. The standard InChI is InChI=1S/C22H26ClN3O4S/c1-3-30-22(29)15-8-10-26(11-9-15)20(28)13-25(2)19(27)12-16-14-31-21(24-16)17-6-4-5-7-18(17)23/h4-7,14-15H,3,8-13H2,1-2H3. The highest BCUT2D eigenvalue weighted by molar-refractivity contribution is 7.13. The number of likely N-dealkylation sites (tertiary alicyclic amines) is 1. The number of carbonyl (C=O) groups excluding carboxylic acids is 3. The summed E-state index contributed by atoms with van der Waals surface area (Å²) in [7, 11) is 1.62. The number of halogens is 1. The molecule has 0 spiro atoms. The van der Waals surface area contributed by atoms with Crippen LogP contribution in [0.4, 0.5) is 0 Å². The summed E-state index contributed by atoms with van der Waals surface area (Å²) in [6, 6.07) is 7.44. The number of aromatic nitrogens is 1. The van der Waals surface area contributed by atoms with E-state index in [1.165, 1.54) is 16.2 Å². The highest BCUT2D eigenvalue weighted by atomic mass is 35.5. The Bertz CT molecular complexity index is 940. The van der Waals surface area contributed by atoms with Gasteiger partial charge in [0.1, 0.15) is 5.01 Å². The van der Waals surface area contributed by atoms with Crippen LogP contribution in [-0.4, -0.2) is 65.9 Å². The van der Waals surface area contributed by atoms with Crippen molar-refractivity contribution in [1.82, 2.24) is 14.8 Å². The van der Waals surface area contributed by atoms with Crippen molar-refractivity contribution < 1.29 is 19.1 Å². The Morgan fingerprint density at radius 2 is 1.97 bits per heavy atom. The van der Waals surface area contributed by atoms with Crippen LogP contribution < -0.4 is 0 Å². The molecular formula is C22H26ClN3O4S. The van der Waals surface area contributed by atoms with E-state index >= 15 is 0 Å². The molecule has 2 amide bonds. The SMILES string of the molecule is CCOC(=O)C1CCN(C(=O)CN(C)C(=O)Cc2csc(-c3ccccc3Cl)n2)CC1. The van der Waals surface area contributed by atoms with Crippen molar-refractivity contribution in [3.8, 4) is 10.6 Å². The number of esters is 1. The lowest BCUT2D eigenvalue weighted by molar-refractivity contribution is -0.151. The van der Waals surface area contributed by atoms with Crippen LogP contribution in [0, 0.1) is 5.92 Å². The molecular weight excluding hydrogens is 438 g/mol. The largest absolute Gasteiger partial charge is 0.466 e. The molecule has 2 aromatic rings. The fraction of sp³-hybridized carbons (Fsp3) is 0.455. The molecule has 2 heterocycles. The number of hydrogen-bond acceptors (Lipinski definition) is 6. The molecule has 7 nitrogen and oxygen atoms in total. The highest BCUT2D eigenvalue weighted by Crippen LogP contribution is 2.30. The smallest absolute Gasteiger partial charge is 0.309 e. The van der Waals surface area contributed by atoms with Crippen LogP contribution in [0.5, 0.6) is 0 Å². The first-order valence-corrected chi connectivity index (χ1v) is 11.5. The summed E-state index contributed by atoms with van der Waals surface area (Å²) >= 11 is 7.65. The predicted octanol–water partition coefficient (Wildman–Crippen LogP) is 3.27. The molecule has 1 aromatic carbocycles. The average Bonchev–Trinajstić information content (AvgIpc) is 3.22. The molecule has 1 saturated heterocycles. The number of carbonyl (C=O) groups is 3. The van der Waals surface area contributed by atoms with Gasteiger partial charge in [0.05, 0.1) is 36.2 Å². The van der Waals surface area contributed by atoms with E-state index < -0.39 is 0 Å². The molecule has 0 atom stereocenters. The summed E-state index contributed by atoms with van der Waals surface area (Å²) in [6.45, 7) is 3.15. The van der Waals surface area contributed by atoms with Gasteiger partial charge in [0.15, 0.2) is 0 Å². The minimum Gasteiger partial charge on any atom is -0.466 e. The third-order valence-electron chi connectivity index (χ3n) is 5.25. The molecule has 3 rings (SSSR count). The van der Waals surface area contributed by atoms with E-state index in [9.17, 15) is 14.4 Å². The molecule has 0 bridgehead atoms. The van der Waals surface area contributed by atoms with Crippen LogP contribution in [0.1, 0.15) is 25.5 Å². The van der Waals surface area contributed by atoms with Crippen molar-refractivity contribution in [3.05, 3.63) is 40.4 Å². The second kappa shape index (κ2) is 10.7. The fourth-order valence-corrected chi connectivity index (χ4v) is 4.59. The lowest BCUT2D eigenvalue weighted by atomic mass is 9.97. The first-order chi connectivity index (χ1) is 14.9. The number of piperidine rings is 1. The predicted molar refractivity (Wildman–Crippen MR) is 120 cm³/mol. The molecule has 1 aliphatic heterocycles. The van der Waals surface area contributed by atoms with Crippen LogP contribution >= 0.6 is 22.9 Å². The van der Waals surface area contributed by atoms with Gasteiger partial charge in [0.2, 0.25) is 11.8 Å². The normalized spacial score (nSPS) is 14.4. The van der Waals surface area contributed by atoms with Gasteiger partial charge in [0.25, 0.3) is 0 Å². The number of nitrogens with zero attached hydrogens (tertiary/aromatic N) is 3. The Hall–Kier alpha value is -2.45. The van der Waals surface area contributed by atoms with E-state index in [4.69, 9.17) is 16.3 Å². The van der Waals surface area contributed by atoms with E-state index in [1.807, 2.05) is 23.6 Å². The zero-order valence-electron chi connectivity index (χ0n) is 17.7. The molecule has 1 aromatic heterocycles. The molecule has 1 fully saturated rings. The quantitative estimate of drug-likeness (QED) is 0.589. The minimum absolute atomic E-state index is 0.00438. The second-order valence-corrected chi connectivity index (χ2v) is 8.72. The average molecular weight is 464 g/mol. The second-order valence-electron chi connectivity index (χ2n) is 7.46. The number of hydrogen-bond donors (Lipinski definition) is 0. The zero-order chi connectivity index (χ0) is 22.4. The van der Waals surface area contributed by atoms with Gasteiger partial charge in [-0.15, -0.1) is 11.3 Å². The molecule has 31 heavy (non-hydrogen) atoms. The molecule has 166 valence electrons. The van der Waals surface area contributed by atoms with Gasteiger partial charge in [-0.1, -0.05) is 29.8 Å². The van der Waals surface area contributed by atoms with Gasteiger partial charge in [-0.2, -0.15) is 0 Å². The molecule has 0 radical (unpaired) electrons. The van der Waals surface area contributed by atoms with E-state index in [0.717, 1.165) is 10.6 Å². The van der Waals surface area contributed by atoms with Gasteiger partial charge in [-0.25, -0.2) is 4.98 Å². The van der Waals surface area contributed by atoms with E-state index in [-0.39, 0.29) is 36.7 Å². The number of thiazole rings is 1. The Labute approximate surface area is 191 Å². The van der Waals surface area contributed by atoms with Gasteiger partial charge < -0.3 is 14.5 Å². The zero-order valence-corrected chi connectivity index (χ0v) is 19.2. The third kappa shape index (κ3) is 6.04. The van der Waals surface area contributed by atoms with Gasteiger partial charge in [-0.3, -0.25) is 14.4 Å². The number of ether oxygens (including phenoxy) is 1. The van der Waals surface area contributed by atoms with Crippen molar-refractivity contribution >= 4 is 40.7 Å². The van der Waals surface area contributed by atoms with Gasteiger partial charge in [-0.05, 0) is 25.8 Å². The topological polar surface area (TPSA) is 79.8 Å². The van der Waals surface area contributed by atoms with E-state index in [1.54, 1.807) is 24.9 Å². The molecule has 0 aliphatic carbocycles. The van der Waals surface area contributed by atoms with Gasteiger partial charge >= 0.3 is 5.97 Å². The van der Waals surface area contributed by atoms with Crippen molar-refractivity contribution in [1.29, 1.82) is 0 Å². The van der Waals surface area contributed by atoms with Gasteiger partial charge in [0, 0.05) is 31.1 Å². The van der Waals surface area contributed by atoms with E-state index in [2.05, 4.69) is 4.98 Å². The lowest BCUT2D eigenvalue weighted by Crippen LogP contribution is -2.46. The van der Waals surface area contributed by atoms with Crippen LogP contribution in [0.2, 0.25) is 5.02 Å². The summed E-state index contributed by atoms with van der Waals surface area (Å²) in [5, 5.41) is 3.22. The first-order valence-electron chi connectivity index (χ1n) is 10.3. The van der Waals surface area contributed by atoms with Crippen molar-refractivity contribution in [3.63, 3.8) is 0 Å². The minimum atomic E-state index is -0.193. The monoisotopic (exact) mass is 463 g/mol. The van der Waals surface area contributed by atoms with Crippen molar-refractivity contribution in [2.24, 2.45) is 5.92 Å². The number of likely N-dealkylation sites (N-methyl/N-ethyl adjacent to an activating group) is 1. The Kier molecular flexibility index (Phi) is 8.03. The molecule has 9 heteroatoms. The van der Waals surface area contributed by atoms with Crippen LogP contribution in [-0.2, 0) is 25.5 Å². The maximum atomic E-state index is 12.6.